The van der Waals surface area contributed by atoms with Gasteiger partial charge in [-0.2, -0.15) is 0 Å². The Bertz CT molecular complexity index is 938. The molecular formula is C24H27ClN2O3. The van der Waals surface area contributed by atoms with Gasteiger partial charge in [0.2, 0.25) is 5.91 Å². The Morgan fingerprint density at radius 3 is 2.67 bits per heavy atom. The number of likely N-dealkylation sites (tertiary alicyclic amines) is 1. The van der Waals surface area contributed by atoms with Gasteiger partial charge in [-0.15, -0.1) is 0 Å². The van der Waals surface area contributed by atoms with Crippen LogP contribution in [0.15, 0.2) is 48.5 Å². The fourth-order valence-electron chi connectivity index (χ4n) is 4.51. The fraction of sp³-hybridized carbons (Fsp3) is 0.417. The van der Waals surface area contributed by atoms with Gasteiger partial charge in [0, 0.05) is 25.6 Å². The minimum Gasteiger partial charge on any atom is -0.497 e. The molecule has 1 spiro atoms. The molecule has 0 aromatic heterocycles. The first-order valence-corrected chi connectivity index (χ1v) is 10.8. The Kier molecular flexibility index (Phi) is 6.00. The van der Waals surface area contributed by atoms with Crippen molar-refractivity contribution in [1.29, 1.82) is 0 Å². The molecule has 2 aromatic rings. The van der Waals surface area contributed by atoms with Crippen LogP contribution in [0.2, 0.25) is 5.02 Å². The number of halogens is 1. The Labute approximate surface area is 182 Å². The molecule has 6 heteroatoms. The molecule has 4 rings (SSSR count). The van der Waals surface area contributed by atoms with Crippen molar-refractivity contribution in [3.05, 3.63) is 64.7 Å². The number of rotatable bonds is 6. The highest BCUT2D eigenvalue weighted by Crippen LogP contribution is 2.59. The highest BCUT2D eigenvalue weighted by Gasteiger charge is 2.58. The van der Waals surface area contributed by atoms with Gasteiger partial charge < -0.3 is 15.0 Å². The molecule has 1 saturated carbocycles. The molecule has 2 aliphatic rings. The summed E-state index contributed by atoms with van der Waals surface area (Å²) >= 11 is 6.17. The molecule has 0 radical (unpaired) electrons. The molecule has 1 heterocycles. The summed E-state index contributed by atoms with van der Waals surface area (Å²) < 4.78 is 5.24. The van der Waals surface area contributed by atoms with Crippen LogP contribution in [0.1, 0.15) is 35.2 Å². The van der Waals surface area contributed by atoms with Gasteiger partial charge in [-0.25, -0.2) is 0 Å². The lowest BCUT2D eigenvalue weighted by Gasteiger charge is -2.33. The molecular weight excluding hydrogens is 400 g/mol. The third kappa shape index (κ3) is 4.31. The number of benzene rings is 2. The van der Waals surface area contributed by atoms with Crippen molar-refractivity contribution in [3.63, 3.8) is 0 Å². The van der Waals surface area contributed by atoms with Crippen LogP contribution < -0.4 is 10.1 Å². The molecule has 1 atom stereocenters. The summed E-state index contributed by atoms with van der Waals surface area (Å²) in [6.07, 6.45) is 3.45. The van der Waals surface area contributed by atoms with Crippen molar-refractivity contribution in [2.75, 3.05) is 26.7 Å². The lowest BCUT2D eigenvalue weighted by atomic mass is 9.90. The normalized spacial score (nSPS) is 19.4. The predicted molar refractivity (Wildman–Crippen MR) is 117 cm³/mol. The molecule has 30 heavy (non-hydrogen) atoms. The molecule has 158 valence electrons. The average Bonchev–Trinajstić information content (AvgIpc) is 3.47. The second kappa shape index (κ2) is 8.68. The van der Waals surface area contributed by atoms with Gasteiger partial charge in [0.1, 0.15) is 5.75 Å². The van der Waals surface area contributed by atoms with E-state index in [0.717, 1.165) is 37.0 Å². The molecule has 2 aromatic carbocycles. The van der Waals surface area contributed by atoms with E-state index in [0.29, 0.717) is 30.2 Å². The number of hydrogen-bond donors (Lipinski definition) is 1. The van der Waals surface area contributed by atoms with Crippen molar-refractivity contribution in [3.8, 4) is 5.75 Å². The quantitative estimate of drug-likeness (QED) is 0.760. The minimum absolute atomic E-state index is 0.0182. The number of nitrogens with one attached hydrogen (secondary N) is 1. The Balaban J connectivity index is 1.25. The van der Waals surface area contributed by atoms with Crippen LogP contribution in [0.25, 0.3) is 0 Å². The second-order valence-electron chi connectivity index (χ2n) is 8.28. The average molecular weight is 427 g/mol. The van der Waals surface area contributed by atoms with Crippen molar-refractivity contribution < 1.29 is 14.3 Å². The smallest absolute Gasteiger partial charge is 0.255 e. The number of ether oxygens (including phenoxy) is 1. The van der Waals surface area contributed by atoms with Crippen LogP contribution in [-0.4, -0.2) is 43.5 Å². The van der Waals surface area contributed by atoms with Crippen LogP contribution in [0, 0.1) is 11.3 Å². The van der Waals surface area contributed by atoms with E-state index in [9.17, 15) is 9.59 Å². The van der Waals surface area contributed by atoms with Gasteiger partial charge in [-0.1, -0.05) is 35.9 Å². The van der Waals surface area contributed by atoms with Crippen molar-refractivity contribution in [2.24, 2.45) is 11.3 Å². The van der Waals surface area contributed by atoms with Gasteiger partial charge in [0.05, 0.1) is 17.7 Å². The molecule has 2 amide bonds. The predicted octanol–water partition coefficient (Wildman–Crippen LogP) is 3.95. The first-order valence-electron chi connectivity index (χ1n) is 10.5. The van der Waals surface area contributed by atoms with E-state index in [2.05, 4.69) is 5.32 Å². The van der Waals surface area contributed by atoms with Crippen LogP contribution in [-0.2, 0) is 11.2 Å². The number of nitrogens with zero attached hydrogens (tertiary/aromatic N) is 1. The van der Waals surface area contributed by atoms with Gasteiger partial charge >= 0.3 is 0 Å². The maximum absolute atomic E-state index is 12.7. The van der Waals surface area contributed by atoms with E-state index in [1.807, 2.05) is 41.3 Å². The standard InChI is InChI=1S/C24H27ClN2O3/c1-30-18-6-4-5-17(15-18)9-12-26-22(28)20-16-24(20)10-13-27(14-11-24)23(29)19-7-2-3-8-21(19)25/h2-8,15,20H,9-14,16H2,1H3,(H,26,28)/t20-/m1/s1. The largest absolute Gasteiger partial charge is 0.497 e. The third-order valence-electron chi connectivity index (χ3n) is 6.50. The third-order valence-corrected chi connectivity index (χ3v) is 6.83. The Morgan fingerprint density at radius 2 is 1.93 bits per heavy atom. The number of carbonyl (C=O) groups is 2. The maximum Gasteiger partial charge on any atom is 0.255 e. The van der Waals surface area contributed by atoms with E-state index < -0.39 is 0 Å². The van der Waals surface area contributed by atoms with E-state index >= 15 is 0 Å². The zero-order chi connectivity index (χ0) is 21.1. The SMILES string of the molecule is COc1cccc(CCNC(=O)[C@H]2CC23CCN(C(=O)c2ccccc2Cl)CC3)c1. The monoisotopic (exact) mass is 426 g/mol. The van der Waals surface area contributed by atoms with E-state index in [1.165, 1.54) is 0 Å². The number of hydrogen-bond acceptors (Lipinski definition) is 3. The van der Waals surface area contributed by atoms with Crippen LogP contribution in [0.4, 0.5) is 0 Å². The Hall–Kier alpha value is -2.53. The van der Waals surface area contributed by atoms with E-state index in [4.69, 9.17) is 16.3 Å². The molecule has 0 unspecified atom stereocenters. The number of amides is 2. The molecule has 0 bridgehead atoms. The lowest BCUT2D eigenvalue weighted by Crippen LogP contribution is -2.40. The van der Waals surface area contributed by atoms with Crippen LogP contribution >= 0.6 is 11.6 Å². The van der Waals surface area contributed by atoms with E-state index in [-0.39, 0.29) is 23.1 Å². The van der Waals surface area contributed by atoms with Gasteiger partial charge in [0.25, 0.3) is 5.91 Å². The molecule has 5 nitrogen and oxygen atoms in total. The molecule has 1 saturated heterocycles. The zero-order valence-corrected chi connectivity index (χ0v) is 18.0. The summed E-state index contributed by atoms with van der Waals surface area (Å²) in [5.41, 5.74) is 1.77. The topological polar surface area (TPSA) is 58.6 Å². The summed E-state index contributed by atoms with van der Waals surface area (Å²) in [5, 5.41) is 3.58. The molecule has 2 fully saturated rings. The molecule has 1 aliphatic heterocycles. The first kappa shape index (κ1) is 20.7. The van der Waals surface area contributed by atoms with Gasteiger partial charge in [-0.05, 0) is 60.9 Å². The number of piperidine rings is 1. The summed E-state index contributed by atoms with van der Waals surface area (Å²) in [5.74, 6) is 1.03. The summed E-state index contributed by atoms with van der Waals surface area (Å²) in [6, 6.07) is 15.1. The Morgan fingerprint density at radius 1 is 1.17 bits per heavy atom. The highest BCUT2D eigenvalue weighted by molar-refractivity contribution is 6.33. The second-order valence-corrected chi connectivity index (χ2v) is 8.69. The fourth-order valence-corrected chi connectivity index (χ4v) is 4.73. The van der Waals surface area contributed by atoms with E-state index in [1.54, 1.807) is 19.2 Å². The van der Waals surface area contributed by atoms with Gasteiger partial charge in [0.15, 0.2) is 0 Å². The van der Waals surface area contributed by atoms with Crippen LogP contribution in [0.3, 0.4) is 0 Å². The summed E-state index contributed by atoms with van der Waals surface area (Å²) in [6.45, 7) is 1.98. The van der Waals surface area contributed by atoms with Crippen molar-refractivity contribution >= 4 is 23.4 Å². The van der Waals surface area contributed by atoms with Crippen molar-refractivity contribution in [2.45, 2.75) is 25.7 Å². The van der Waals surface area contributed by atoms with Gasteiger partial charge in [-0.3, -0.25) is 9.59 Å². The molecule has 1 aliphatic carbocycles. The summed E-state index contributed by atoms with van der Waals surface area (Å²) in [7, 11) is 1.65. The van der Waals surface area contributed by atoms with Crippen molar-refractivity contribution in [1.82, 2.24) is 10.2 Å². The maximum atomic E-state index is 12.7. The number of methoxy groups -OCH3 is 1. The molecule has 1 N–H and O–H groups in total. The van der Waals surface area contributed by atoms with Crippen LogP contribution in [0.5, 0.6) is 5.75 Å². The zero-order valence-electron chi connectivity index (χ0n) is 17.2. The lowest BCUT2D eigenvalue weighted by molar-refractivity contribution is -0.123. The first-order chi connectivity index (χ1) is 14.5. The minimum atomic E-state index is -0.0182. The summed E-state index contributed by atoms with van der Waals surface area (Å²) in [4.78, 5) is 27.2. The number of carbonyl (C=O) groups excluding carboxylic acids is 2. The highest BCUT2D eigenvalue weighted by atomic mass is 35.5.